The Morgan fingerprint density at radius 3 is 2.48 bits per heavy atom. The number of aliphatic hydroxyl groups excluding tert-OH is 1. The van der Waals surface area contributed by atoms with E-state index in [0.29, 0.717) is 29.6 Å². The number of ether oxygens (including phenoxy) is 2. The number of hydrogen-bond donors (Lipinski definition) is 3. The maximum absolute atomic E-state index is 10.5. The van der Waals surface area contributed by atoms with Crippen molar-refractivity contribution in [2.45, 2.75) is 19.4 Å². The molecule has 2 aromatic rings. The summed E-state index contributed by atoms with van der Waals surface area (Å²) >= 11 is 0. The number of aliphatic hydroxyl groups is 1. The van der Waals surface area contributed by atoms with E-state index in [1.807, 2.05) is 25.1 Å². The predicted octanol–water partition coefficient (Wildman–Crippen LogP) is 1.93. The highest BCUT2D eigenvalue weighted by molar-refractivity contribution is 5.79. The van der Waals surface area contributed by atoms with E-state index < -0.39 is 6.10 Å². The number of nitrogens with zero attached hydrogens (tertiary/aromatic N) is 2. The third-order valence-corrected chi connectivity index (χ3v) is 3.92. The summed E-state index contributed by atoms with van der Waals surface area (Å²) < 4.78 is 10.5. The lowest BCUT2D eigenvalue weighted by molar-refractivity contribution is 0.186. The van der Waals surface area contributed by atoms with Gasteiger partial charge in [0.25, 0.3) is 0 Å². The molecular weight excluding hydrogens is 344 g/mol. The molecule has 0 aliphatic rings. The van der Waals surface area contributed by atoms with E-state index >= 15 is 0 Å². The fraction of sp³-hybridized carbons (Fsp3) is 0.400. The van der Waals surface area contributed by atoms with Crippen molar-refractivity contribution in [2.24, 2.45) is 4.99 Å². The maximum atomic E-state index is 10.5. The van der Waals surface area contributed by atoms with E-state index in [0.717, 1.165) is 18.7 Å². The zero-order valence-corrected chi connectivity index (χ0v) is 16.1. The quantitative estimate of drug-likeness (QED) is 0.460. The first-order chi connectivity index (χ1) is 13.2. The SMILES string of the molecule is CCNC(=NCC(O)c1cc(OC)cc(OC)c1)NCCc1ccccn1. The number of methoxy groups -OCH3 is 2. The molecule has 0 fully saturated rings. The summed E-state index contributed by atoms with van der Waals surface area (Å²) in [5, 5.41) is 16.9. The highest BCUT2D eigenvalue weighted by Crippen LogP contribution is 2.26. The van der Waals surface area contributed by atoms with Gasteiger partial charge in [-0.3, -0.25) is 9.98 Å². The summed E-state index contributed by atoms with van der Waals surface area (Å²) in [7, 11) is 3.16. The van der Waals surface area contributed by atoms with Gasteiger partial charge in [0.05, 0.1) is 26.9 Å². The molecule has 2 rings (SSSR count). The smallest absolute Gasteiger partial charge is 0.191 e. The number of benzene rings is 1. The van der Waals surface area contributed by atoms with Gasteiger partial charge in [0.2, 0.25) is 0 Å². The van der Waals surface area contributed by atoms with Crippen LogP contribution in [0.5, 0.6) is 11.5 Å². The molecule has 3 N–H and O–H groups in total. The second-order valence-corrected chi connectivity index (χ2v) is 5.88. The van der Waals surface area contributed by atoms with Crippen LogP contribution in [0, 0.1) is 0 Å². The van der Waals surface area contributed by atoms with Crippen molar-refractivity contribution in [3.63, 3.8) is 0 Å². The van der Waals surface area contributed by atoms with Crippen LogP contribution in [0.15, 0.2) is 47.6 Å². The monoisotopic (exact) mass is 372 g/mol. The topological polar surface area (TPSA) is 88.0 Å². The normalized spacial score (nSPS) is 12.4. The van der Waals surface area contributed by atoms with Crippen LogP contribution in [0.3, 0.4) is 0 Å². The number of guanidine groups is 1. The zero-order valence-electron chi connectivity index (χ0n) is 16.1. The average Bonchev–Trinajstić information content (AvgIpc) is 2.72. The largest absolute Gasteiger partial charge is 0.497 e. The number of rotatable bonds is 9. The molecule has 0 aliphatic heterocycles. The third-order valence-electron chi connectivity index (χ3n) is 3.92. The van der Waals surface area contributed by atoms with Crippen LogP contribution in [-0.2, 0) is 6.42 Å². The molecule has 27 heavy (non-hydrogen) atoms. The van der Waals surface area contributed by atoms with Crippen molar-refractivity contribution in [3.05, 3.63) is 53.9 Å². The Kier molecular flexibility index (Phi) is 8.38. The highest BCUT2D eigenvalue weighted by atomic mass is 16.5. The van der Waals surface area contributed by atoms with Crippen molar-refractivity contribution in [3.8, 4) is 11.5 Å². The molecule has 1 aromatic carbocycles. The van der Waals surface area contributed by atoms with Crippen LogP contribution >= 0.6 is 0 Å². The molecule has 7 heteroatoms. The van der Waals surface area contributed by atoms with E-state index in [4.69, 9.17) is 9.47 Å². The minimum Gasteiger partial charge on any atom is -0.497 e. The Morgan fingerprint density at radius 2 is 1.89 bits per heavy atom. The van der Waals surface area contributed by atoms with Gasteiger partial charge in [-0.15, -0.1) is 0 Å². The Morgan fingerprint density at radius 1 is 1.15 bits per heavy atom. The van der Waals surface area contributed by atoms with E-state index in [-0.39, 0.29) is 6.54 Å². The Bertz CT molecular complexity index is 700. The minimum absolute atomic E-state index is 0.218. The lowest BCUT2D eigenvalue weighted by Crippen LogP contribution is -2.38. The molecule has 0 amide bonds. The molecule has 0 saturated heterocycles. The van der Waals surface area contributed by atoms with E-state index in [1.165, 1.54) is 0 Å². The second-order valence-electron chi connectivity index (χ2n) is 5.88. The van der Waals surface area contributed by atoms with Crippen molar-refractivity contribution in [2.75, 3.05) is 33.9 Å². The average molecular weight is 372 g/mol. The van der Waals surface area contributed by atoms with Crippen molar-refractivity contribution >= 4 is 5.96 Å². The van der Waals surface area contributed by atoms with Crippen molar-refractivity contribution in [1.82, 2.24) is 15.6 Å². The first kappa shape index (κ1) is 20.5. The molecule has 146 valence electrons. The molecule has 0 radical (unpaired) electrons. The van der Waals surface area contributed by atoms with Crippen LogP contribution in [0.2, 0.25) is 0 Å². The van der Waals surface area contributed by atoms with Gasteiger partial charge in [0.1, 0.15) is 11.5 Å². The van der Waals surface area contributed by atoms with E-state index in [1.54, 1.807) is 38.6 Å². The number of aliphatic imine (C=N–C) groups is 1. The number of aromatic nitrogens is 1. The zero-order chi connectivity index (χ0) is 19.5. The lowest BCUT2D eigenvalue weighted by atomic mass is 10.1. The van der Waals surface area contributed by atoms with Gasteiger partial charge in [-0.2, -0.15) is 0 Å². The Hall–Kier alpha value is -2.80. The third kappa shape index (κ3) is 6.79. The van der Waals surface area contributed by atoms with E-state index in [9.17, 15) is 5.11 Å². The standard InChI is InChI=1S/C20H28N4O3/c1-4-21-20(23-10-8-16-7-5-6-9-22-16)24-14-19(25)15-11-17(26-2)13-18(12-15)27-3/h5-7,9,11-13,19,25H,4,8,10,14H2,1-3H3,(H2,21,23,24). The van der Waals surface area contributed by atoms with Crippen LogP contribution in [0.25, 0.3) is 0 Å². The molecule has 1 aromatic heterocycles. The molecule has 0 bridgehead atoms. The Labute approximate surface area is 160 Å². The Balaban J connectivity index is 1.96. The number of nitrogens with one attached hydrogen (secondary N) is 2. The van der Waals surface area contributed by atoms with Gasteiger partial charge in [-0.1, -0.05) is 6.07 Å². The molecule has 0 saturated carbocycles. The first-order valence-electron chi connectivity index (χ1n) is 8.99. The molecule has 1 atom stereocenters. The van der Waals surface area contributed by atoms with Crippen LogP contribution in [0.4, 0.5) is 0 Å². The highest BCUT2D eigenvalue weighted by Gasteiger charge is 2.11. The second kappa shape index (κ2) is 11.0. The summed E-state index contributed by atoms with van der Waals surface area (Å²) in [6.07, 6.45) is 1.81. The summed E-state index contributed by atoms with van der Waals surface area (Å²) in [5.74, 6) is 1.92. The summed E-state index contributed by atoms with van der Waals surface area (Å²) in [5.41, 5.74) is 1.71. The van der Waals surface area contributed by atoms with Gasteiger partial charge < -0.3 is 25.2 Å². The first-order valence-corrected chi connectivity index (χ1v) is 8.99. The van der Waals surface area contributed by atoms with Gasteiger partial charge >= 0.3 is 0 Å². The number of hydrogen-bond acceptors (Lipinski definition) is 5. The van der Waals surface area contributed by atoms with Crippen LogP contribution in [0.1, 0.15) is 24.3 Å². The van der Waals surface area contributed by atoms with Gasteiger partial charge in [0, 0.05) is 37.5 Å². The summed E-state index contributed by atoms with van der Waals surface area (Å²) in [6.45, 7) is 3.65. The minimum atomic E-state index is -0.764. The molecule has 1 heterocycles. The van der Waals surface area contributed by atoms with Crippen molar-refractivity contribution < 1.29 is 14.6 Å². The molecule has 1 unspecified atom stereocenters. The predicted molar refractivity (Wildman–Crippen MR) is 106 cm³/mol. The van der Waals surface area contributed by atoms with Gasteiger partial charge in [-0.25, -0.2) is 0 Å². The molecule has 0 spiro atoms. The summed E-state index contributed by atoms with van der Waals surface area (Å²) in [4.78, 5) is 8.78. The van der Waals surface area contributed by atoms with Gasteiger partial charge in [-0.05, 0) is 36.8 Å². The van der Waals surface area contributed by atoms with Crippen LogP contribution in [-0.4, -0.2) is 49.9 Å². The fourth-order valence-corrected chi connectivity index (χ4v) is 2.50. The van der Waals surface area contributed by atoms with E-state index in [2.05, 4.69) is 20.6 Å². The fourth-order valence-electron chi connectivity index (χ4n) is 2.50. The lowest BCUT2D eigenvalue weighted by Gasteiger charge is -2.14. The van der Waals surface area contributed by atoms with Gasteiger partial charge in [0.15, 0.2) is 5.96 Å². The maximum Gasteiger partial charge on any atom is 0.191 e. The molecular formula is C20H28N4O3. The summed E-state index contributed by atoms with van der Waals surface area (Å²) in [6, 6.07) is 11.2. The number of pyridine rings is 1. The molecule has 0 aliphatic carbocycles. The molecule has 7 nitrogen and oxygen atoms in total. The van der Waals surface area contributed by atoms with Crippen LogP contribution < -0.4 is 20.1 Å². The van der Waals surface area contributed by atoms with Crippen molar-refractivity contribution in [1.29, 1.82) is 0 Å².